The number of ether oxygens (including phenoxy) is 1. The third kappa shape index (κ3) is 4.61. The lowest BCUT2D eigenvalue weighted by Gasteiger charge is -2.08. The van der Waals surface area contributed by atoms with Gasteiger partial charge in [0.15, 0.2) is 5.16 Å². The number of amides is 1. The topological polar surface area (TPSA) is 112 Å². The van der Waals surface area contributed by atoms with Gasteiger partial charge in [-0.25, -0.2) is 0 Å². The van der Waals surface area contributed by atoms with E-state index in [-0.39, 0.29) is 17.3 Å². The van der Waals surface area contributed by atoms with Crippen LogP contribution >= 0.6 is 11.8 Å². The monoisotopic (exact) mass is 385 g/mol. The lowest BCUT2D eigenvalue weighted by atomic mass is 10.3. The number of carbonyl (C=O) groups excluding carboxylic acids is 1. The summed E-state index contributed by atoms with van der Waals surface area (Å²) in [7, 11) is 1.59. The zero-order chi connectivity index (χ0) is 19.2. The minimum absolute atomic E-state index is 0.0336. The quantitative estimate of drug-likeness (QED) is 0.378. The van der Waals surface area contributed by atoms with Crippen LogP contribution in [0, 0.1) is 10.1 Å². The number of carbonyl (C=O) groups is 1. The van der Waals surface area contributed by atoms with Crippen molar-refractivity contribution in [3.63, 3.8) is 0 Å². The van der Waals surface area contributed by atoms with Crippen LogP contribution in [-0.2, 0) is 4.79 Å². The third-order valence-corrected chi connectivity index (χ3v) is 4.49. The Bertz CT molecular complexity index is 958. The molecule has 2 aromatic carbocycles. The summed E-state index contributed by atoms with van der Waals surface area (Å²) >= 11 is 1.23. The number of aromatic nitrogens is 3. The number of nitrogens with one attached hydrogen (secondary N) is 1. The molecular weight excluding hydrogens is 370 g/mol. The summed E-state index contributed by atoms with van der Waals surface area (Å²) in [6.45, 7) is 0. The normalized spacial score (nSPS) is 10.4. The lowest BCUT2D eigenvalue weighted by molar-refractivity contribution is -0.384. The van der Waals surface area contributed by atoms with Crippen LogP contribution in [-0.4, -0.2) is 38.5 Å². The van der Waals surface area contributed by atoms with Gasteiger partial charge in [0.05, 0.1) is 23.5 Å². The molecule has 138 valence electrons. The SMILES string of the molecule is COc1cccc(-n2cnnc2SCC(=O)Nc2ccc([N+](=O)[O-])cc2)c1. The highest BCUT2D eigenvalue weighted by atomic mass is 32.2. The third-order valence-electron chi connectivity index (χ3n) is 3.54. The first-order chi connectivity index (χ1) is 13.1. The van der Waals surface area contributed by atoms with E-state index in [1.54, 1.807) is 18.0 Å². The number of anilines is 1. The van der Waals surface area contributed by atoms with Gasteiger partial charge >= 0.3 is 0 Å². The number of nitrogens with zero attached hydrogens (tertiary/aromatic N) is 4. The molecule has 9 nitrogen and oxygen atoms in total. The number of thioether (sulfide) groups is 1. The van der Waals surface area contributed by atoms with E-state index < -0.39 is 4.92 Å². The molecule has 3 rings (SSSR count). The maximum atomic E-state index is 12.1. The molecule has 0 aliphatic carbocycles. The Morgan fingerprint density at radius 3 is 2.78 bits per heavy atom. The number of benzene rings is 2. The molecule has 0 fully saturated rings. The van der Waals surface area contributed by atoms with Gasteiger partial charge in [-0.1, -0.05) is 17.8 Å². The van der Waals surface area contributed by atoms with Crippen molar-refractivity contribution in [3.05, 3.63) is 65.0 Å². The van der Waals surface area contributed by atoms with Gasteiger partial charge in [-0.2, -0.15) is 0 Å². The number of nitro benzene ring substituents is 1. The number of rotatable bonds is 7. The van der Waals surface area contributed by atoms with E-state index in [4.69, 9.17) is 4.74 Å². The van der Waals surface area contributed by atoms with Crippen LogP contribution in [0.1, 0.15) is 0 Å². The second-order valence-electron chi connectivity index (χ2n) is 5.33. The molecule has 0 aliphatic rings. The zero-order valence-corrected chi connectivity index (χ0v) is 15.0. The summed E-state index contributed by atoms with van der Waals surface area (Å²) in [5.41, 5.74) is 1.27. The molecule has 0 bridgehead atoms. The Morgan fingerprint density at radius 2 is 2.07 bits per heavy atom. The molecule has 0 saturated heterocycles. The molecule has 3 aromatic rings. The molecule has 0 aliphatic heterocycles. The van der Waals surface area contributed by atoms with E-state index in [1.165, 1.54) is 36.0 Å². The van der Waals surface area contributed by atoms with E-state index in [9.17, 15) is 14.9 Å². The van der Waals surface area contributed by atoms with Crippen molar-refractivity contribution in [2.45, 2.75) is 5.16 Å². The molecule has 1 amide bonds. The van der Waals surface area contributed by atoms with E-state index in [0.717, 1.165) is 5.69 Å². The van der Waals surface area contributed by atoms with Gasteiger partial charge in [-0.3, -0.25) is 19.5 Å². The van der Waals surface area contributed by atoms with Gasteiger partial charge in [0.2, 0.25) is 5.91 Å². The van der Waals surface area contributed by atoms with Crippen molar-refractivity contribution < 1.29 is 14.5 Å². The van der Waals surface area contributed by atoms with Crippen LogP contribution in [0.3, 0.4) is 0 Å². The van der Waals surface area contributed by atoms with E-state index in [0.29, 0.717) is 16.6 Å². The van der Waals surface area contributed by atoms with E-state index in [1.807, 2.05) is 24.3 Å². The molecule has 1 N–H and O–H groups in total. The fraction of sp³-hybridized carbons (Fsp3) is 0.118. The minimum atomic E-state index is -0.493. The fourth-order valence-electron chi connectivity index (χ4n) is 2.25. The van der Waals surface area contributed by atoms with Gasteiger partial charge in [0.1, 0.15) is 12.1 Å². The Hall–Kier alpha value is -3.40. The molecule has 0 radical (unpaired) electrons. The van der Waals surface area contributed by atoms with Crippen LogP contribution in [0.2, 0.25) is 0 Å². The highest BCUT2D eigenvalue weighted by Crippen LogP contribution is 2.23. The Balaban J connectivity index is 1.62. The van der Waals surface area contributed by atoms with Crippen molar-refractivity contribution in [3.8, 4) is 11.4 Å². The first-order valence-corrected chi connectivity index (χ1v) is 8.77. The molecule has 1 heterocycles. The summed E-state index contributed by atoms with van der Waals surface area (Å²) in [5.74, 6) is 0.557. The van der Waals surface area contributed by atoms with Gasteiger partial charge < -0.3 is 10.1 Å². The molecule has 0 unspecified atom stereocenters. The standard InChI is InChI=1S/C17H15N5O4S/c1-26-15-4-2-3-14(9-15)21-11-18-20-17(21)27-10-16(23)19-12-5-7-13(8-6-12)22(24)25/h2-9,11H,10H2,1H3,(H,19,23). The Morgan fingerprint density at radius 1 is 1.30 bits per heavy atom. The molecule has 10 heteroatoms. The molecular formula is C17H15N5O4S. The number of non-ortho nitro benzene ring substituents is 1. The summed E-state index contributed by atoms with van der Waals surface area (Å²) in [5, 5.41) is 21.8. The van der Waals surface area contributed by atoms with Gasteiger partial charge in [0.25, 0.3) is 5.69 Å². The van der Waals surface area contributed by atoms with Crippen LogP contribution in [0.4, 0.5) is 11.4 Å². The van der Waals surface area contributed by atoms with Crippen LogP contribution in [0.15, 0.2) is 60.0 Å². The van der Waals surface area contributed by atoms with Gasteiger partial charge in [0, 0.05) is 23.9 Å². The Labute approximate surface area is 158 Å². The predicted octanol–water partition coefficient (Wildman–Crippen LogP) is 2.91. The maximum Gasteiger partial charge on any atom is 0.269 e. The maximum absolute atomic E-state index is 12.1. The van der Waals surface area contributed by atoms with E-state index >= 15 is 0 Å². The van der Waals surface area contributed by atoms with Crippen LogP contribution < -0.4 is 10.1 Å². The molecule has 0 spiro atoms. The molecule has 1 aromatic heterocycles. The average molecular weight is 385 g/mol. The van der Waals surface area contributed by atoms with Crippen LogP contribution in [0.25, 0.3) is 5.69 Å². The number of hydrogen-bond donors (Lipinski definition) is 1. The smallest absolute Gasteiger partial charge is 0.269 e. The summed E-state index contributed by atoms with van der Waals surface area (Å²) in [6, 6.07) is 13.0. The number of hydrogen-bond acceptors (Lipinski definition) is 7. The summed E-state index contributed by atoms with van der Waals surface area (Å²) in [6.07, 6.45) is 1.56. The van der Waals surface area contributed by atoms with E-state index in [2.05, 4.69) is 15.5 Å². The highest BCUT2D eigenvalue weighted by molar-refractivity contribution is 7.99. The average Bonchev–Trinajstić information content (AvgIpc) is 3.15. The van der Waals surface area contributed by atoms with Crippen molar-refractivity contribution in [1.82, 2.24) is 14.8 Å². The van der Waals surface area contributed by atoms with Crippen molar-refractivity contribution in [1.29, 1.82) is 0 Å². The zero-order valence-electron chi connectivity index (χ0n) is 14.2. The molecule has 27 heavy (non-hydrogen) atoms. The van der Waals surface area contributed by atoms with Crippen molar-refractivity contribution >= 4 is 29.0 Å². The predicted molar refractivity (Wildman–Crippen MR) is 100 cm³/mol. The number of nitro groups is 1. The Kier molecular flexibility index (Phi) is 5.67. The van der Waals surface area contributed by atoms with Crippen LogP contribution in [0.5, 0.6) is 5.75 Å². The van der Waals surface area contributed by atoms with Gasteiger partial charge in [-0.15, -0.1) is 10.2 Å². The first kappa shape index (κ1) is 18.4. The second-order valence-corrected chi connectivity index (χ2v) is 6.27. The summed E-state index contributed by atoms with van der Waals surface area (Å²) < 4.78 is 6.97. The largest absolute Gasteiger partial charge is 0.497 e. The fourth-order valence-corrected chi connectivity index (χ4v) is 2.98. The molecule has 0 saturated carbocycles. The molecule has 0 atom stereocenters. The second kappa shape index (κ2) is 8.32. The van der Waals surface area contributed by atoms with Crippen molar-refractivity contribution in [2.75, 3.05) is 18.2 Å². The van der Waals surface area contributed by atoms with Crippen molar-refractivity contribution in [2.24, 2.45) is 0 Å². The minimum Gasteiger partial charge on any atom is -0.497 e. The number of methoxy groups -OCH3 is 1. The highest BCUT2D eigenvalue weighted by Gasteiger charge is 2.12. The first-order valence-electron chi connectivity index (χ1n) is 7.78. The lowest BCUT2D eigenvalue weighted by Crippen LogP contribution is -2.14. The van der Waals surface area contributed by atoms with Gasteiger partial charge in [-0.05, 0) is 24.3 Å². The summed E-state index contributed by atoms with van der Waals surface area (Å²) in [4.78, 5) is 22.3.